The summed E-state index contributed by atoms with van der Waals surface area (Å²) in [4.78, 5) is 43.0. The fourth-order valence-corrected chi connectivity index (χ4v) is 0.966. The van der Waals surface area contributed by atoms with Gasteiger partial charge in [0.1, 0.15) is 6.54 Å². The van der Waals surface area contributed by atoms with E-state index in [1.807, 2.05) is 0 Å². The molecule has 0 aromatic heterocycles. The van der Waals surface area contributed by atoms with Gasteiger partial charge in [0, 0.05) is 0 Å². The van der Waals surface area contributed by atoms with Crippen molar-refractivity contribution in [1.29, 1.82) is 0 Å². The molecule has 1 aromatic carbocycles. The monoisotopic (exact) mass is 309 g/mol. The summed E-state index contributed by atoms with van der Waals surface area (Å²) in [5.74, 6) is -2.95. The molecule has 0 unspecified atom stereocenters. The van der Waals surface area contributed by atoms with E-state index in [9.17, 15) is 14.7 Å². The molecule has 1 amide bonds. The van der Waals surface area contributed by atoms with Gasteiger partial charge in [0.2, 0.25) is 0 Å². The zero-order valence-electron chi connectivity index (χ0n) is 9.79. The van der Waals surface area contributed by atoms with Crippen LogP contribution in [0.15, 0.2) is 18.2 Å². The highest BCUT2D eigenvalue weighted by atomic mass is 31.2. The summed E-state index contributed by atoms with van der Waals surface area (Å²) in [7, 11) is -4.64. The quantitative estimate of drug-likeness (QED) is 0.271. The molecule has 0 saturated carbocycles. The third-order valence-electron chi connectivity index (χ3n) is 1.66. The molecule has 11 heteroatoms. The molecular weight excluding hydrogens is 297 g/mol. The van der Waals surface area contributed by atoms with Crippen LogP contribution in [0.5, 0.6) is 11.5 Å². The molecule has 10 nitrogen and oxygen atoms in total. The van der Waals surface area contributed by atoms with Crippen LogP contribution in [0.4, 0.5) is 0 Å². The summed E-state index contributed by atoms with van der Waals surface area (Å²) in [5.41, 5.74) is -0.170. The Morgan fingerprint density at radius 2 is 1.65 bits per heavy atom. The van der Waals surface area contributed by atoms with Gasteiger partial charge < -0.3 is 35.3 Å². The number of benzene rings is 1. The maximum Gasteiger partial charge on any atom is 0.466 e. The molecule has 1 rings (SSSR count). The minimum atomic E-state index is -4.64. The number of carboxylic acids is 1. The summed E-state index contributed by atoms with van der Waals surface area (Å²) >= 11 is 0. The Labute approximate surface area is 112 Å². The van der Waals surface area contributed by atoms with Gasteiger partial charge in [0.25, 0.3) is 5.91 Å². The Bertz CT molecular complexity index is 530. The van der Waals surface area contributed by atoms with Crippen molar-refractivity contribution in [3.8, 4) is 11.5 Å². The van der Waals surface area contributed by atoms with E-state index in [4.69, 9.17) is 29.5 Å². The number of aliphatic carboxylic acids is 1. The Hall–Kier alpha value is -2.13. The number of nitrogens with one attached hydrogen (secondary N) is 1. The SMILES string of the molecule is O=C(O)CNC(=O)c1cccc(O)c1O.O=P(O)(O)O. The minimum absolute atomic E-state index is 0.170. The first-order valence-corrected chi connectivity index (χ1v) is 6.38. The molecule has 0 aliphatic carbocycles. The van der Waals surface area contributed by atoms with Gasteiger partial charge in [0.05, 0.1) is 5.56 Å². The predicted molar refractivity (Wildman–Crippen MR) is 64.0 cm³/mol. The number of amides is 1. The topological polar surface area (TPSA) is 185 Å². The van der Waals surface area contributed by atoms with Crippen LogP contribution in [0, 0.1) is 0 Å². The van der Waals surface area contributed by atoms with Crippen LogP contribution in [0.3, 0.4) is 0 Å². The van der Waals surface area contributed by atoms with Gasteiger partial charge in [-0.15, -0.1) is 0 Å². The van der Waals surface area contributed by atoms with Crippen LogP contribution in [0.25, 0.3) is 0 Å². The molecule has 112 valence electrons. The Morgan fingerprint density at radius 3 is 2.10 bits per heavy atom. The Morgan fingerprint density at radius 1 is 1.15 bits per heavy atom. The third kappa shape index (κ3) is 8.06. The molecule has 7 N–H and O–H groups in total. The van der Waals surface area contributed by atoms with Crippen molar-refractivity contribution >= 4 is 19.7 Å². The van der Waals surface area contributed by atoms with Gasteiger partial charge in [-0.25, -0.2) is 4.57 Å². The van der Waals surface area contributed by atoms with E-state index in [0.717, 1.165) is 0 Å². The lowest BCUT2D eigenvalue weighted by Crippen LogP contribution is -2.29. The predicted octanol–water partition coefficient (Wildman–Crippen LogP) is -1.02. The summed E-state index contributed by atoms with van der Waals surface area (Å²) in [6.45, 7) is -0.548. The van der Waals surface area contributed by atoms with E-state index in [-0.39, 0.29) is 5.56 Å². The average Bonchev–Trinajstić information content (AvgIpc) is 2.27. The molecule has 0 saturated heterocycles. The van der Waals surface area contributed by atoms with Gasteiger partial charge in [-0.2, -0.15) is 0 Å². The smallest absolute Gasteiger partial charge is 0.466 e. The molecule has 0 aliphatic rings. The van der Waals surface area contributed by atoms with Gasteiger partial charge in [-0.1, -0.05) is 6.07 Å². The summed E-state index contributed by atoms with van der Waals surface area (Å²) in [6.07, 6.45) is 0. The lowest BCUT2D eigenvalue weighted by molar-refractivity contribution is -0.135. The van der Waals surface area contributed by atoms with Gasteiger partial charge in [-0.3, -0.25) is 9.59 Å². The molecule has 0 spiro atoms. The number of hydrogen-bond donors (Lipinski definition) is 7. The largest absolute Gasteiger partial charge is 0.504 e. The van der Waals surface area contributed by atoms with E-state index in [2.05, 4.69) is 5.32 Å². The fourth-order valence-electron chi connectivity index (χ4n) is 0.966. The molecule has 0 fully saturated rings. The molecular formula is C9H12NO9P. The van der Waals surface area contributed by atoms with Crippen LogP contribution in [0.1, 0.15) is 10.4 Å². The Kier molecular flexibility index (Phi) is 6.66. The average molecular weight is 309 g/mol. The van der Waals surface area contributed by atoms with E-state index in [1.54, 1.807) is 0 Å². The first-order chi connectivity index (χ1) is 9.02. The number of carbonyl (C=O) groups is 2. The first kappa shape index (κ1) is 17.9. The highest BCUT2D eigenvalue weighted by molar-refractivity contribution is 7.45. The number of phenols is 2. The number of para-hydroxylation sites is 1. The van der Waals surface area contributed by atoms with Crippen molar-refractivity contribution in [1.82, 2.24) is 5.32 Å². The molecule has 0 heterocycles. The highest BCUT2D eigenvalue weighted by Gasteiger charge is 2.13. The van der Waals surface area contributed by atoms with Crippen LogP contribution in [0.2, 0.25) is 0 Å². The molecule has 0 radical (unpaired) electrons. The summed E-state index contributed by atoms with van der Waals surface area (Å²) in [5, 5.41) is 28.7. The van der Waals surface area contributed by atoms with Crippen LogP contribution >= 0.6 is 7.82 Å². The number of aromatic hydroxyl groups is 2. The van der Waals surface area contributed by atoms with Crippen molar-refractivity contribution in [2.45, 2.75) is 0 Å². The number of phenolic OH excluding ortho intramolecular Hbond substituents is 2. The number of carboxylic acid groups (broad SMARTS) is 1. The second-order valence-corrected chi connectivity index (χ2v) is 4.29. The second kappa shape index (κ2) is 7.46. The van der Waals surface area contributed by atoms with Gasteiger partial charge in [0.15, 0.2) is 11.5 Å². The zero-order chi connectivity index (χ0) is 15.9. The van der Waals surface area contributed by atoms with E-state index in [0.29, 0.717) is 0 Å². The van der Waals surface area contributed by atoms with Crippen molar-refractivity contribution in [3.63, 3.8) is 0 Å². The van der Waals surface area contributed by atoms with E-state index in [1.165, 1.54) is 18.2 Å². The normalized spacial score (nSPS) is 10.2. The zero-order valence-corrected chi connectivity index (χ0v) is 10.7. The summed E-state index contributed by atoms with van der Waals surface area (Å²) in [6, 6.07) is 3.85. The van der Waals surface area contributed by atoms with Crippen molar-refractivity contribution < 1.29 is 44.2 Å². The molecule has 1 aromatic rings. The lowest BCUT2D eigenvalue weighted by atomic mass is 10.1. The Balaban J connectivity index is 0.000000621. The number of carbonyl (C=O) groups excluding carboxylic acids is 1. The minimum Gasteiger partial charge on any atom is -0.504 e. The van der Waals surface area contributed by atoms with Gasteiger partial charge in [-0.05, 0) is 12.1 Å². The van der Waals surface area contributed by atoms with Gasteiger partial charge >= 0.3 is 13.8 Å². The van der Waals surface area contributed by atoms with E-state index >= 15 is 0 Å². The van der Waals surface area contributed by atoms with Crippen LogP contribution in [-0.2, 0) is 9.36 Å². The number of rotatable bonds is 3. The number of phosphoric acid groups is 1. The van der Waals surface area contributed by atoms with E-state index < -0.39 is 37.7 Å². The van der Waals surface area contributed by atoms with Crippen molar-refractivity contribution in [2.24, 2.45) is 0 Å². The lowest BCUT2D eigenvalue weighted by Gasteiger charge is -2.05. The van der Waals surface area contributed by atoms with Crippen LogP contribution in [-0.4, -0.2) is 48.4 Å². The number of hydrogen-bond acceptors (Lipinski definition) is 5. The molecule has 0 aliphatic heterocycles. The third-order valence-corrected chi connectivity index (χ3v) is 1.66. The standard InChI is InChI=1S/C9H9NO5.H3O4P/c11-6-3-1-2-5(8(6)14)9(15)10-4-7(12)13;1-5(2,3)4/h1-3,11,14H,4H2,(H,10,15)(H,12,13);(H3,1,2,3,4). The van der Waals surface area contributed by atoms with Crippen LogP contribution < -0.4 is 5.32 Å². The fraction of sp³-hybridized carbons (Fsp3) is 0.111. The maximum atomic E-state index is 11.3. The summed E-state index contributed by atoms with van der Waals surface area (Å²) < 4.78 is 8.88. The highest BCUT2D eigenvalue weighted by Crippen LogP contribution is 2.27. The van der Waals surface area contributed by atoms with Crippen molar-refractivity contribution in [2.75, 3.05) is 6.54 Å². The molecule has 0 atom stereocenters. The maximum absolute atomic E-state index is 11.3. The molecule has 0 bridgehead atoms. The first-order valence-electron chi connectivity index (χ1n) is 4.81. The molecule has 20 heavy (non-hydrogen) atoms. The second-order valence-electron chi connectivity index (χ2n) is 3.26. The van der Waals surface area contributed by atoms with Crippen molar-refractivity contribution in [3.05, 3.63) is 23.8 Å².